The van der Waals surface area contributed by atoms with Crippen molar-refractivity contribution in [2.45, 2.75) is 41.0 Å². The number of hydrogen-bond donors (Lipinski definition) is 0. The predicted octanol–water partition coefficient (Wildman–Crippen LogP) is 2.89. The molecule has 2 heteroatoms. The quantitative estimate of drug-likeness (QED) is 0.613. The highest BCUT2D eigenvalue weighted by Gasteiger charge is 1.96. The Labute approximate surface area is 89.0 Å². The Kier molecular flexibility index (Phi) is 14.0. The Morgan fingerprint density at radius 3 is 2.21 bits per heavy atom. The lowest BCUT2D eigenvalue weighted by molar-refractivity contribution is -0.112. The third-order valence-electron chi connectivity index (χ3n) is 1.70. The van der Waals surface area contributed by atoms with Gasteiger partial charge >= 0.3 is 0 Å². The zero-order chi connectivity index (χ0) is 11.4. The summed E-state index contributed by atoms with van der Waals surface area (Å²) in [6.07, 6.45) is 4.74. The number of nitrogens with zero attached hydrogens (tertiary/aromatic N) is 1. The van der Waals surface area contributed by atoms with E-state index in [9.17, 15) is 4.79 Å². The molecule has 0 heterocycles. The van der Waals surface area contributed by atoms with E-state index in [0.29, 0.717) is 0 Å². The van der Waals surface area contributed by atoms with Gasteiger partial charge in [-0.1, -0.05) is 33.8 Å². The van der Waals surface area contributed by atoms with Crippen LogP contribution in [0.25, 0.3) is 0 Å². The van der Waals surface area contributed by atoms with Gasteiger partial charge in [0.1, 0.15) is 0 Å². The molecular formula is C12H25NO. The van der Waals surface area contributed by atoms with Crippen molar-refractivity contribution < 1.29 is 4.79 Å². The molecule has 0 spiro atoms. The number of allylic oxidation sites excluding steroid dienone is 1. The van der Waals surface area contributed by atoms with E-state index in [0.717, 1.165) is 19.6 Å². The number of carbonyl (C=O) groups excluding carboxylic acids is 1. The smallest absolute Gasteiger partial charge is 0.152 e. The van der Waals surface area contributed by atoms with Crippen LogP contribution >= 0.6 is 0 Å². The van der Waals surface area contributed by atoms with E-state index in [4.69, 9.17) is 0 Å². The van der Waals surface area contributed by atoms with Gasteiger partial charge in [-0.05, 0) is 32.5 Å². The lowest BCUT2D eigenvalue weighted by Gasteiger charge is -2.16. The predicted molar refractivity (Wildman–Crippen MR) is 63.6 cm³/mol. The van der Waals surface area contributed by atoms with Gasteiger partial charge in [0.25, 0.3) is 0 Å². The van der Waals surface area contributed by atoms with Gasteiger partial charge in [0.05, 0.1) is 0 Å². The molecule has 0 radical (unpaired) electrons. The van der Waals surface area contributed by atoms with E-state index in [1.54, 1.807) is 13.0 Å². The SMILES string of the molecule is CC.CCCN(CC)C/C=C/C(C)=O. The van der Waals surface area contributed by atoms with Crippen molar-refractivity contribution in [1.82, 2.24) is 4.90 Å². The fourth-order valence-electron chi connectivity index (χ4n) is 1.06. The molecule has 0 aliphatic rings. The molecule has 0 atom stereocenters. The van der Waals surface area contributed by atoms with Gasteiger partial charge in [0.2, 0.25) is 0 Å². The van der Waals surface area contributed by atoms with Crippen molar-refractivity contribution in [2.24, 2.45) is 0 Å². The summed E-state index contributed by atoms with van der Waals surface area (Å²) in [5.41, 5.74) is 0. The minimum absolute atomic E-state index is 0.127. The molecule has 0 rings (SSSR count). The van der Waals surface area contributed by atoms with Crippen LogP contribution in [0.2, 0.25) is 0 Å². The molecule has 0 saturated heterocycles. The number of carbonyl (C=O) groups is 1. The summed E-state index contributed by atoms with van der Waals surface area (Å²) in [4.78, 5) is 12.9. The summed E-state index contributed by atoms with van der Waals surface area (Å²) in [6.45, 7) is 12.9. The van der Waals surface area contributed by atoms with Crippen LogP contribution in [0.4, 0.5) is 0 Å². The Bertz CT molecular complexity index is 152. The molecule has 84 valence electrons. The van der Waals surface area contributed by atoms with Crippen molar-refractivity contribution in [2.75, 3.05) is 19.6 Å². The first kappa shape index (κ1) is 15.8. The summed E-state index contributed by atoms with van der Waals surface area (Å²) >= 11 is 0. The molecule has 0 aromatic heterocycles. The molecule has 0 aliphatic heterocycles. The molecule has 0 aromatic carbocycles. The van der Waals surface area contributed by atoms with Gasteiger partial charge in [0.15, 0.2) is 5.78 Å². The molecule has 14 heavy (non-hydrogen) atoms. The molecule has 0 saturated carbocycles. The van der Waals surface area contributed by atoms with Crippen molar-refractivity contribution in [3.63, 3.8) is 0 Å². The van der Waals surface area contributed by atoms with Crippen LogP contribution in [-0.2, 0) is 4.79 Å². The van der Waals surface area contributed by atoms with E-state index < -0.39 is 0 Å². The standard InChI is InChI=1S/C10H19NO.C2H6/c1-4-8-11(5-2)9-6-7-10(3)12;1-2/h6-7H,4-5,8-9H2,1-3H3;1-2H3/b7-6+;. The third kappa shape index (κ3) is 11.4. The molecule has 0 bridgehead atoms. The van der Waals surface area contributed by atoms with Gasteiger partial charge < -0.3 is 0 Å². The van der Waals surface area contributed by atoms with Gasteiger partial charge in [0, 0.05) is 6.54 Å². The molecule has 0 aliphatic carbocycles. The maximum Gasteiger partial charge on any atom is 0.152 e. The van der Waals surface area contributed by atoms with Gasteiger partial charge in [-0.15, -0.1) is 0 Å². The van der Waals surface area contributed by atoms with Crippen molar-refractivity contribution in [3.05, 3.63) is 12.2 Å². The van der Waals surface area contributed by atoms with Crippen LogP contribution in [-0.4, -0.2) is 30.3 Å². The van der Waals surface area contributed by atoms with Gasteiger partial charge in [-0.25, -0.2) is 0 Å². The summed E-state index contributed by atoms with van der Waals surface area (Å²) in [7, 11) is 0. The first-order valence-corrected chi connectivity index (χ1v) is 5.60. The van der Waals surface area contributed by atoms with E-state index in [1.807, 2.05) is 19.9 Å². The zero-order valence-electron chi connectivity index (χ0n) is 10.3. The van der Waals surface area contributed by atoms with Crippen LogP contribution in [0, 0.1) is 0 Å². The van der Waals surface area contributed by atoms with E-state index in [-0.39, 0.29) is 5.78 Å². The number of hydrogen-bond acceptors (Lipinski definition) is 2. The Hall–Kier alpha value is -0.630. The van der Waals surface area contributed by atoms with Crippen LogP contribution in [0.15, 0.2) is 12.2 Å². The summed E-state index contributed by atoms with van der Waals surface area (Å²) in [5.74, 6) is 0.127. The fraction of sp³-hybridized carbons (Fsp3) is 0.750. The Morgan fingerprint density at radius 2 is 1.86 bits per heavy atom. The monoisotopic (exact) mass is 199 g/mol. The van der Waals surface area contributed by atoms with Crippen LogP contribution in [0.3, 0.4) is 0 Å². The van der Waals surface area contributed by atoms with Crippen molar-refractivity contribution >= 4 is 5.78 Å². The van der Waals surface area contributed by atoms with E-state index >= 15 is 0 Å². The Morgan fingerprint density at radius 1 is 1.29 bits per heavy atom. The maximum atomic E-state index is 10.6. The average molecular weight is 199 g/mol. The maximum absolute atomic E-state index is 10.6. The third-order valence-corrected chi connectivity index (χ3v) is 1.70. The first-order chi connectivity index (χ1) is 6.70. The topological polar surface area (TPSA) is 20.3 Å². The highest BCUT2D eigenvalue weighted by molar-refractivity contribution is 5.87. The number of ketones is 1. The molecule has 0 unspecified atom stereocenters. The fourth-order valence-corrected chi connectivity index (χ4v) is 1.06. The molecule has 0 aromatic rings. The van der Waals surface area contributed by atoms with Gasteiger partial charge in [-0.2, -0.15) is 0 Å². The first-order valence-electron chi connectivity index (χ1n) is 5.60. The van der Waals surface area contributed by atoms with Crippen LogP contribution in [0.5, 0.6) is 0 Å². The largest absolute Gasteiger partial charge is 0.300 e. The zero-order valence-corrected chi connectivity index (χ0v) is 10.3. The summed E-state index contributed by atoms with van der Waals surface area (Å²) < 4.78 is 0. The highest BCUT2D eigenvalue weighted by Crippen LogP contribution is 1.91. The minimum Gasteiger partial charge on any atom is -0.300 e. The van der Waals surface area contributed by atoms with Crippen molar-refractivity contribution in [1.29, 1.82) is 0 Å². The second kappa shape index (κ2) is 12.4. The molecule has 0 N–H and O–H groups in total. The molecular weight excluding hydrogens is 174 g/mol. The molecule has 0 amide bonds. The van der Waals surface area contributed by atoms with Crippen LogP contribution in [0.1, 0.15) is 41.0 Å². The van der Waals surface area contributed by atoms with Crippen molar-refractivity contribution in [3.8, 4) is 0 Å². The normalized spacial score (nSPS) is 10.1. The second-order valence-corrected chi connectivity index (χ2v) is 2.91. The van der Waals surface area contributed by atoms with Crippen LogP contribution < -0.4 is 0 Å². The lowest BCUT2D eigenvalue weighted by atomic mass is 10.3. The lowest BCUT2D eigenvalue weighted by Crippen LogP contribution is -2.24. The second-order valence-electron chi connectivity index (χ2n) is 2.91. The average Bonchev–Trinajstić information content (AvgIpc) is 2.19. The van der Waals surface area contributed by atoms with E-state index in [2.05, 4.69) is 18.7 Å². The number of likely N-dealkylation sites (N-methyl/N-ethyl adjacent to an activating group) is 1. The number of rotatable bonds is 6. The molecule has 0 fully saturated rings. The highest BCUT2D eigenvalue weighted by atomic mass is 16.1. The Balaban J connectivity index is 0. The van der Waals surface area contributed by atoms with Gasteiger partial charge in [-0.3, -0.25) is 9.69 Å². The molecule has 2 nitrogen and oxygen atoms in total. The minimum atomic E-state index is 0.127. The summed E-state index contributed by atoms with van der Waals surface area (Å²) in [6, 6.07) is 0. The van der Waals surface area contributed by atoms with E-state index in [1.165, 1.54) is 6.42 Å². The summed E-state index contributed by atoms with van der Waals surface area (Å²) in [5, 5.41) is 0.